The minimum Gasteiger partial charge on any atom is -0.477 e. The summed E-state index contributed by atoms with van der Waals surface area (Å²) in [6, 6.07) is 5.41. The number of aliphatic hydroxyl groups is 1. The number of fused-ring (bicyclic) bond motifs is 1. The number of aliphatic hydroxyl groups excluding tert-OH is 1. The number of aromatic nitrogens is 3. The van der Waals surface area contributed by atoms with Gasteiger partial charge in [0.2, 0.25) is 5.88 Å². The molecular formula is C18H22N4O3. The van der Waals surface area contributed by atoms with E-state index in [1.165, 1.54) is 0 Å². The SMILES string of the molecule is CCOc1ncccc1C(=O)N1CCn2nc([C@@H](O)C3CC3)cc2C1. The molecule has 25 heavy (non-hydrogen) atoms. The second-order valence-electron chi connectivity index (χ2n) is 6.58. The highest BCUT2D eigenvalue weighted by molar-refractivity contribution is 5.96. The maximum absolute atomic E-state index is 12.9. The van der Waals surface area contributed by atoms with E-state index in [9.17, 15) is 9.90 Å². The molecule has 4 rings (SSSR count). The lowest BCUT2D eigenvalue weighted by Gasteiger charge is -2.28. The fourth-order valence-corrected chi connectivity index (χ4v) is 3.24. The van der Waals surface area contributed by atoms with Crippen molar-refractivity contribution in [2.75, 3.05) is 13.2 Å². The van der Waals surface area contributed by atoms with Gasteiger partial charge in [-0.3, -0.25) is 9.48 Å². The van der Waals surface area contributed by atoms with Gasteiger partial charge in [-0.1, -0.05) is 0 Å². The van der Waals surface area contributed by atoms with E-state index in [1.807, 2.05) is 17.7 Å². The van der Waals surface area contributed by atoms with E-state index in [0.717, 1.165) is 24.2 Å². The Balaban J connectivity index is 1.53. The molecule has 0 radical (unpaired) electrons. The summed E-state index contributed by atoms with van der Waals surface area (Å²) in [7, 11) is 0. The molecular weight excluding hydrogens is 320 g/mol. The first kappa shape index (κ1) is 16.1. The van der Waals surface area contributed by atoms with E-state index < -0.39 is 6.10 Å². The normalized spacial score (nSPS) is 17.9. The number of hydrogen-bond acceptors (Lipinski definition) is 5. The van der Waals surface area contributed by atoms with Gasteiger partial charge in [0.15, 0.2) is 0 Å². The largest absolute Gasteiger partial charge is 0.477 e. The van der Waals surface area contributed by atoms with Gasteiger partial charge in [0.05, 0.1) is 31.1 Å². The fraction of sp³-hybridized carbons (Fsp3) is 0.500. The van der Waals surface area contributed by atoms with Crippen molar-refractivity contribution < 1.29 is 14.6 Å². The number of pyridine rings is 1. The quantitative estimate of drug-likeness (QED) is 0.896. The second-order valence-corrected chi connectivity index (χ2v) is 6.58. The van der Waals surface area contributed by atoms with Crippen LogP contribution >= 0.6 is 0 Å². The molecule has 3 heterocycles. The average Bonchev–Trinajstić information content (AvgIpc) is 3.39. The van der Waals surface area contributed by atoms with Crippen LogP contribution in [0.4, 0.5) is 0 Å². The molecule has 1 N–H and O–H groups in total. The molecule has 1 amide bonds. The van der Waals surface area contributed by atoms with Crippen LogP contribution < -0.4 is 4.74 Å². The zero-order valence-corrected chi connectivity index (χ0v) is 14.3. The number of hydrogen-bond donors (Lipinski definition) is 1. The van der Waals surface area contributed by atoms with Gasteiger partial charge < -0.3 is 14.7 Å². The lowest BCUT2D eigenvalue weighted by Crippen LogP contribution is -2.38. The maximum atomic E-state index is 12.9. The maximum Gasteiger partial charge on any atom is 0.259 e. The van der Waals surface area contributed by atoms with Crippen molar-refractivity contribution >= 4 is 5.91 Å². The van der Waals surface area contributed by atoms with E-state index in [2.05, 4.69) is 10.1 Å². The summed E-state index contributed by atoms with van der Waals surface area (Å²) >= 11 is 0. The average molecular weight is 342 g/mol. The molecule has 1 saturated carbocycles. The first-order valence-corrected chi connectivity index (χ1v) is 8.79. The Labute approximate surface area is 146 Å². The number of carbonyl (C=O) groups excluding carboxylic acids is 1. The molecule has 2 aromatic rings. The van der Waals surface area contributed by atoms with Gasteiger partial charge in [-0.15, -0.1) is 0 Å². The molecule has 0 aromatic carbocycles. The Bertz CT molecular complexity index is 784. The van der Waals surface area contributed by atoms with Crippen molar-refractivity contribution in [3.8, 4) is 5.88 Å². The lowest BCUT2D eigenvalue weighted by atomic mass is 10.1. The molecule has 132 valence electrons. The van der Waals surface area contributed by atoms with Gasteiger partial charge >= 0.3 is 0 Å². The number of ether oxygens (including phenoxy) is 1. The standard InChI is InChI=1S/C18H22N4O3/c1-2-25-17-14(4-3-7-19-17)18(24)21-8-9-22-13(11-21)10-15(20-22)16(23)12-5-6-12/h3-4,7,10,12,16,23H,2,5-6,8-9,11H2,1H3/t16-/m0/s1. The van der Waals surface area contributed by atoms with Gasteiger partial charge in [-0.05, 0) is 43.9 Å². The van der Waals surface area contributed by atoms with Crippen LogP contribution in [-0.2, 0) is 13.1 Å². The number of rotatable bonds is 5. The van der Waals surface area contributed by atoms with E-state index in [4.69, 9.17) is 4.74 Å². The summed E-state index contributed by atoms with van der Waals surface area (Å²) in [6.45, 7) is 4.01. The molecule has 0 saturated heterocycles. The molecule has 1 fully saturated rings. The molecule has 7 heteroatoms. The molecule has 2 aromatic heterocycles. The smallest absolute Gasteiger partial charge is 0.259 e. The van der Waals surface area contributed by atoms with Gasteiger partial charge in [-0.25, -0.2) is 4.98 Å². The summed E-state index contributed by atoms with van der Waals surface area (Å²) in [5, 5.41) is 14.8. The third-order valence-electron chi connectivity index (χ3n) is 4.76. The third kappa shape index (κ3) is 3.11. The minimum atomic E-state index is -0.481. The van der Waals surface area contributed by atoms with Crippen molar-refractivity contribution in [2.24, 2.45) is 5.92 Å². The highest BCUT2D eigenvalue weighted by atomic mass is 16.5. The van der Waals surface area contributed by atoms with E-state index in [1.54, 1.807) is 23.2 Å². The van der Waals surface area contributed by atoms with Crippen LogP contribution in [-0.4, -0.2) is 43.8 Å². The fourth-order valence-electron chi connectivity index (χ4n) is 3.24. The molecule has 0 unspecified atom stereocenters. The highest BCUT2D eigenvalue weighted by Crippen LogP contribution is 2.40. The Kier molecular flexibility index (Phi) is 4.17. The second kappa shape index (κ2) is 6.48. The Morgan fingerprint density at radius 3 is 3.04 bits per heavy atom. The van der Waals surface area contributed by atoms with Crippen molar-refractivity contribution in [3.63, 3.8) is 0 Å². The highest BCUT2D eigenvalue weighted by Gasteiger charge is 2.34. The zero-order valence-electron chi connectivity index (χ0n) is 14.3. The first-order valence-electron chi connectivity index (χ1n) is 8.79. The summed E-state index contributed by atoms with van der Waals surface area (Å²) in [5.74, 6) is 0.631. The number of amides is 1. The Hall–Kier alpha value is -2.41. The van der Waals surface area contributed by atoms with Crippen LogP contribution in [0.15, 0.2) is 24.4 Å². The predicted molar refractivity (Wildman–Crippen MR) is 90.1 cm³/mol. The van der Waals surface area contributed by atoms with Crippen LogP contribution in [0.2, 0.25) is 0 Å². The summed E-state index contributed by atoms with van der Waals surface area (Å²) in [5.41, 5.74) is 2.16. The minimum absolute atomic E-state index is 0.0895. The number of carbonyl (C=O) groups is 1. The van der Waals surface area contributed by atoms with E-state index in [0.29, 0.717) is 43.6 Å². The van der Waals surface area contributed by atoms with Crippen molar-refractivity contribution in [1.82, 2.24) is 19.7 Å². The predicted octanol–water partition coefficient (Wildman–Crippen LogP) is 1.78. The topological polar surface area (TPSA) is 80.5 Å². The Morgan fingerprint density at radius 1 is 1.44 bits per heavy atom. The van der Waals surface area contributed by atoms with Crippen LogP contribution in [0.5, 0.6) is 5.88 Å². The van der Waals surface area contributed by atoms with Crippen molar-refractivity contribution in [1.29, 1.82) is 0 Å². The van der Waals surface area contributed by atoms with Crippen LogP contribution in [0, 0.1) is 5.92 Å². The molecule has 2 aliphatic rings. The third-order valence-corrected chi connectivity index (χ3v) is 4.76. The monoisotopic (exact) mass is 342 g/mol. The molecule has 1 aliphatic carbocycles. The lowest BCUT2D eigenvalue weighted by molar-refractivity contribution is 0.0700. The Morgan fingerprint density at radius 2 is 2.28 bits per heavy atom. The summed E-state index contributed by atoms with van der Waals surface area (Å²) in [4.78, 5) is 18.8. The van der Waals surface area contributed by atoms with Crippen LogP contribution in [0.3, 0.4) is 0 Å². The van der Waals surface area contributed by atoms with Gasteiger partial charge in [0, 0.05) is 12.7 Å². The van der Waals surface area contributed by atoms with Gasteiger partial charge in [0.25, 0.3) is 5.91 Å². The van der Waals surface area contributed by atoms with Crippen LogP contribution in [0.25, 0.3) is 0 Å². The molecule has 7 nitrogen and oxygen atoms in total. The van der Waals surface area contributed by atoms with E-state index in [-0.39, 0.29) is 5.91 Å². The summed E-state index contributed by atoms with van der Waals surface area (Å²) in [6.07, 6.45) is 3.27. The first-order chi connectivity index (χ1) is 12.2. The summed E-state index contributed by atoms with van der Waals surface area (Å²) < 4.78 is 7.38. The molecule has 0 spiro atoms. The molecule has 1 atom stereocenters. The van der Waals surface area contributed by atoms with Gasteiger partial charge in [0.1, 0.15) is 11.7 Å². The van der Waals surface area contributed by atoms with Gasteiger partial charge in [-0.2, -0.15) is 5.10 Å². The van der Waals surface area contributed by atoms with E-state index >= 15 is 0 Å². The van der Waals surface area contributed by atoms with Crippen LogP contribution in [0.1, 0.15) is 47.6 Å². The number of nitrogens with zero attached hydrogens (tertiary/aromatic N) is 4. The molecule has 0 bridgehead atoms. The zero-order chi connectivity index (χ0) is 17.4. The van der Waals surface area contributed by atoms with Crippen molar-refractivity contribution in [2.45, 2.75) is 39.0 Å². The molecule has 1 aliphatic heterocycles. The van der Waals surface area contributed by atoms with Crippen molar-refractivity contribution in [3.05, 3.63) is 41.3 Å².